The Morgan fingerprint density at radius 3 is 2.25 bits per heavy atom. The van der Waals surface area contributed by atoms with Gasteiger partial charge in [-0.05, 0) is 36.1 Å². The first kappa shape index (κ1) is 13.8. The van der Waals surface area contributed by atoms with E-state index in [0.29, 0.717) is 22.5 Å². The zero-order chi connectivity index (χ0) is 12.3. The summed E-state index contributed by atoms with van der Waals surface area (Å²) in [6.07, 6.45) is 0. The van der Waals surface area contributed by atoms with Gasteiger partial charge in [0.25, 0.3) is 0 Å². The van der Waals surface area contributed by atoms with Crippen LogP contribution in [0.1, 0.15) is 25.5 Å². The maximum atomic E-state index is 6.19. The highest BCUT2D eigenvalue weighted by atomic mass is 35.5. The predicted octanol–water partition coefficient (Wildman–Crippen LogP) is 3.22. The lowest BCUT2D eigenvalue weighted by Gasteiger charge is -2.26. The summed E-state index contributed by atoms with van der Waals surface area (Å²) in [7, 11) is 0. The second-order valence-electron chi connectivity index (χ2n) is 4.34. The Bertz CT molecular complexity index is 353. The zero-order valence-corrected chi connectivity index (χ0v) is 11.1. The van der Waals surface area contributed by atoms with E-state index >= 15 is 0 Å². The molecule has 1 aromatic rings. The highest BCUT2D eigenvalue weighted by Crippen LogP contribution is 2.30. The number of halogens is 2. The molecule has 4 heteroatoms. The molecule has 0 aromatic heterocycles. The van der Waals surface area contributed by atoms with Crippen molar-refractivity contribution in [3.8, 4) is 0 Å². The van der Waals surface area contributed by atoms with Gasteiger partial charge < -0.3 is 11.5 Å². The van der Waals surface area contributed by atoms with Crippen LogP contribution in [0.4, 0.5) is 0 Å². The normalized spacial score (nSPS) is 15.2. The Hall–Kier alpha value is -0.280. The van der Waals surface area contributed by atoms with Crippen molar-refractivity contribution in [2.45, 2.75) is 19.9 Å². The van der Waals surface area contributed by atoms with Crippen LogP contribution in [0.15, 0.2) is 18.2 Å². The van der Waals surface area contributed by atoms with Gasteiger partial charge in [0.15, 0.2) is 0 Å². The van der Waals surface area contributed by atoms with E-state index in [9.17, 15) is 0 Å². The average Bonchev–Trinajstić information content (AvgIpc) is 2.22. The van der Waals surface area contributed by atoms with Gasteiger partial charge in [0.05, 0.1) is 10.0 Å². The Kier molecular flexibility index (Phi) is 5.06. The van der Waals surface area contributed by atoms with Crippen molar-refractivity contribution >= 4 is 23.2 Å². The van der Waals surface area contributed by atoms with Gasteiger partial charge in [-0.15, -0.1) is 0 Å². The van der Waals surface area contributed by atoms with Gasteiger partial charge in [0.1, 0.15) is 0 Å². The van der Waals surface area contributed by atoms with Crippen LogP contribution in [-0.4, -0.2) is 6.54 Å². The van der Waals surface area contributed by atoms with E-state index in [-0.39, 0.29) is 12.0 Å². The highest BCUT2D eigenvalue weighted by Gasteiger charge is 2.21. The number of rotatable bonds is 4. The van der Waals surface area contributed by atoms with E-state index in [2.05, 4.69) is 13.8 Å². The van der Waals surface area contributed by atoms with Gasteiger partial charge in [-0.1, -0.05) is 43.1 Å². The maximum absolute atomic E-state index is 6.19. The first-order valence-corrected chi connectivity index (χ1v) is 6.13. The molecule has 2 nitrogen and oxygen atoms in total. The van der Waals surface area contributed by atoms with Crippen LogP contribution in [0.2, 0.25) is 10.0 Å². The van der Waals surface area contributed by atoms with Crippen LogP contribution in [-0.2, 0) is 0 Å². The van der Waals surface area contributed by atoms with Crippen LogP contribution < -0.4 is 11.5 Å². The molecule has 0 aliphatic carbocycles. The minimum atomic E-state index is -0.0974. The van der Waals surface area contributed by atoms with Crippen molar-refractivity contribution in [3.63, 3.8) is 0 Å². The van der Waals surface area contributed by atoms with Crippen molar-refractivity contribution in [2.75, 3.05) is 6.54 Å². The lowest BCUT2D eigenvalue weighted by atomic mass is 9.85. The average molecular weight is 261 g/mol. The van der Waals surface area contributed by atoms with E-state index < -0.39 is 0 Å². The van der Waals surface area contributed by atoms with E-state index in [0.717, 1.165) is 5.56 Å². The summed E-state index contributed by atoms with van der Waals surface area (Å²) in [5, 5.41) is 1.08. The van der Waals surface area contributed by atoms with E-state index in [1.807, 2.05) is 12.1 Å². The molecular weight excluding hydrogens is 243 g/mol. The van der Waals surface area contributed by atoms with Crippen LogP contribution in [0.5, 0.6) is 0 Å². The second-order valence-corrected chi connectivity index (χ2v) is 5.16. The topological polar surface area (TPSA) is 52.0 Å². The third-order valence-corrected chi connectivity index (χ3v) is 3.66. The number of nitrogens with two attached hydrogens (primary N) is 2. The molecule has 0 amide bonds. The van der Waals surface area contributed by atoms with E-state index in [1.165, 1.54) is 0 Å². The number of hydrogen-bond acceptors (Lipinski definition) is 2. The number of hydrogen-bond donors (Lipinski definition) is 2. The molecule has 1 aromatic carbocycles. The van der Waals surface area contributed by atoms with Gasteiger partial charge in [0, 0.05) is 6.04 Å². The molecule has 90 valence electrons. The molecule has 0 bridgehead atoms. The van der Waals surface area contributed by atoms with Gasteiger partial charge in [0.2, 0.25) is 0 Å². The lowest BCUT2D eigenvalue weighted by Crippen LogP contribution is -2.31. The third-order valence-electron chi connectivity index (χ3n) is 2.92. The molecule has 4 N–H and O–H groups in total. The summed E-state index contributed by atoms with van der Waals surface area (Å²) >= 11 is 11.8. The fraction of sp³-hybridized carbons (Fsp3) is 0.500. The molecular formula is C12H18Cl2N2. The molecule has 1 rings (SSSR count). The Morgan fingerprint density at radius 2 is 1.81 bits per heavy atom. The summed E-state index contributed by atoms with van der Waals surface area (Å²) in [5.41, 5.74) is 12.9. The SMILES string of the molecule is CC(C)C(CN)C(N)c1ccc(Cl)c(Cl)c1. The van der Waals surface area contributed by atoms with E-state index in [4.69, 9.17) is 34.7 Å². The smallest absolute Gasteiger partial charge is 0.0595 e. The quantitative estimate of drug-likeness (QED) is 0.874. The molecule has 2 atom stereocenters. The van der Waals surface area contributed by atoms with E-state index in [1.54, 1.807) is 6.07 Å². The standard InChI is InChI=1S/C12H18Cl2N2/c1-7(2)9(6-15)12(16)8-3-4-10(13)11(14)5-8/h3-5,7,9,12H,6,15-16H2,1-2H3. The largest absolute Gasteiger partial charge is 0.330 e. The van der Waals surface area contributed by atoms with Crippen LogP contribution in [0.3, 0.4) is 0 Å². The van der Waals surface area contributed by atoms with Crippen LogP contribution in [0, 0.1) is 11.8 Å². The predicted molar refractivity (Wildman–Crippen MR) is 70.8 cm³/mol. The molecule has 0 heterocycles. The molecule has 0 fully saturated rings. The molecule has 0 radical (unpaired) electrons. The van der Waals surface area contributed by atoms with Crippen molar-refractivity contribution < 1.29 is 0 Å². The minimum absolute atomic E-state index is 0.0974. The molecule has 16 heavy (non-hydrogen) atoms. The molecule has 0 aliphatic heterocycles. The fourth-order valence-corrected chi connectivity index (χ4v) is 2.11. The minimum Gasteiger partial charge on any atom is -0.330 e. The maximum Gasteiger partial charge on any atom is 0.0595 e. The summed E-state index contributed by atoms with van der Waals surface area (Å²) in [4.78, 5) is 0. The van der Waals surface area contributed by atoms with Crippen LogP contribution >= 0.6 is 23.2 Å². The van der Waals surface area contributed by atoms with Crippen molar-refractivity contribution in [2.24, 2.45) is 23.3 Å². The van der Waals surface area contributed by atoms with Crippen molar-refractivity contribution in [1.82, 2.24) is 0 Å². The van der Waals surface area contributed by atoms with Gasteiger partial charge in [-0.3, -0.25) is 0 Å². The first-order chi connectivity index (χ1) is 7.47. The Morgan fingerprint density at radius 1 is 1.19 bits per heavy atom. The zero-order valence-electron chi connectivity index (χ0n) is 9.58. The fourth-order valence-electron chi connectivity index (χ4n) is 1.80. The Labute approximate surface area is 107 Å². The molecule has 0 saturated heterocycles. The summed E-state index contributed by atoms with van der Waals surface area (Å²) in [5.74, 6) is 0.687. The number of benzene rings is 1. The summed E-state index contributed by atoms with van der Waals surface area (Å²) in [6.45, 7) is 4.81. The highest BCUT2D eigenvalue weighted by molar-refractivity contribution is 6.42. The third kappa shape index (κ3) is 3.11. The monoisotopic (exact) mass is 260 g/mol. The lowest BCUT2D eigenvalue weighted by molar-refractivity contribution is 0.331. The van der Waals surface area contributed by atoms with Crippen molar-refractivity contribution in [1.29, 1.82) is 0 Å². The van der Waals surface area contributed by atoms with Gasteiger partial charge in [-0.25, -0.2) is 0 Å². The van der Waals surface area contributed by atoms with Gasteiger partial charge in [-0.2, -0.15) is 0 Å². The summed E-state index contributed by atoms with van der Waals surface area (Å²) < 4.78 is 0. The Balaban J connectivity index is 2.94. The van der Waals surface area contributed by atoms with Crippen LogP contribution in [0.25, 0.3) is 0 Å². The molecule has 0 saturated carbocycles. The second kappa shape index (κ2) is 5.87. The first-order valence-electron chi connectivity index (χ1n) is 5.38. The molecule has 0 aliphatic rings. The summed E-state index contributed by atoms with van der Waals surface area (Å²) in [6, 6.07) is 5.40. The molecule has 2 unspecified atom stereocenters. The van der Waals surface area contributed by atoms with Gasteiger partial charge >= 0.3 is 0 Å². The molecule has 0 spiro atoms. The van der Waals surface area contributed by atoms with Crippen molar-refractivity contribution in [3.05, 3.63) is 33.8 Å².